The third kappa shape index (κ3) is 6.60. The number of nitrogens with zero attached hydrogens (tertiary/aromatic N) is 2. The van der Waals surface area contributed by atoms with Crippen LogP contribution in [-0.4, -0.2) is 16.7 Å². The molecule has 0 radical (unpaired) electrons. The quantitative estimate of drug-likeness (QED) is 0.297. The molecule has 0 aromatic heterocycles. The number of unbranched alkanes of at least 4 members (excludes halogenated alkanes) is 5. The molecule has 128 valence electrons. The Balaban J connectivity index is 1.67. The van der Waals surface area contributed by atoms with Gasteiger partial charge in [-0.25, -0.2) is 0 Å². The Bertz CT molecular complexity index is 321. The summed E-state index contributed by atoms with van der Waals surface area (Å²) in [6.45, 7) is 4.63. The molecule has 0 amide bonds. The minimum absolute atomic E-state index is 0.0842. The largest absolute Gasteiger partial charge is 0.189 e. The lowest BCUT2D eigenvalue weighted by atomic mass is 9.96. The molecule has 2 nitrogen and oxygen atoms in total. The van der Waals surface area contributed by atoms with Gasteiger partial charge < -0.3 is 0 Å². The molecule has 0 aromatic rings. The molecular weight excluding hydrogens is 288 g/mol. The van der Waals surface area contributed by atoms with Gasteiger partial charge in [-0.3, -0.25) is 0 Å². The smallest absolute Gasteiger partial charge is 0.127 e. The van der Waals surface area contributed by atoms with Crippen LogP contribution in [0.15, 0.2) is 10.2 Å². The fourth-order valence-corrected chi connectivity index (χ4v) is 4.74. The van der Waals surface area contributed by atoms with Crippen LogP contribution in [0.2, 0.25) is 0 Å². The van der Waals surface area contributed by atoms with Crippen molar-refractivity contribution < 1.29 is 0 Å². The van der Waals surface area contributed by atoms with Crippen LogP contribution in [0, 0.1) is 5.92 Å². The summed E-state index contributed by atoms with van der Waals surface area (Å²) in [6, 6.07) is 0.529. The van der Waals surface area contributed by atoms with Gasteiger partial charge in [-0.2, -0.15) is 10.2 Å². The van der Waals surface area contributed by atoms with Crippen molar-refractivity contribution in [2.75, 3.05) is 5.75 Å². The first kappa shape index (κ1) is 18.3. The molecule has 2 fully saturated rings. The van der Waals surface area contributed by atoms with Gasteiger partial charge in [0.05, 0.1) is 6.04 Å². The van der Waals surface area contributed by atoms with Crippen LogP contribution in [0.1, 0.15) is 97.3 Å². The predicted molar refractivity (Wildman–Crippen MR) is 98.7 cm³/mol. The van der Waals surface area contributed by atoms with Gasteiger partial charge in [0, 0.05) is 0 Å². The highest BCUT2D eigenvalue weighted by Gasteiger charge is 2.42. The van der Waals surface area contributed by atoms with E-state index in [0.29, 0.717) is 6.04 Å². The van der Waals surface area contributed by atoms with Crippen LogP contribution in [-0.2, 0) is 0 Å². The zero-order valence-corrected chi connectivity index (χ0v) is 15.7. The third-order valence-corrected chi connectivity index (χ3v) is 6.71. The Morgan fingerprint density at radius 3 is 2.27 bits per heavy atom. The van der Waals surface area contributed by atoms with Crippen LogP contribution in [0.5, 0.6) is 0 Å². The topological polar surface area (TPSA) is 24.7 Å². The molecule has 0 saturated heterocycles. The van der Waals surface area contributed by atoms with Crippen LogP contribution in [0.3, 0.4) is 0 Å². The molecule has 0 aromatic carbocycles. The van der Waals surface area contributed by atoms with E-state index in [4.69, 9.17) is 10.2 Å². The van der Waals surface area contributed by atoms with Crippen LogP contribution >= 0.6 is 11.8 Å². The molecule has 0 spiro atoms. The summed E-state index contributed by atoms with van der Waals surface area (Å²) in [4.78, 5) is 0.0842. The van der Waals surface area contributed by atoms with E-state index < -0.39 is 0 Å². The van der Waals surface area contributed by atoms with Crippen molar-refractivity contribution in [2.45, 2.75) is 108 Å². The maximum atomic E-state index is 4.88. The first-order valence-electron chi connectivity index (χ1n) is 9.80. The normalized spacial score (nSPS) is 23.0. The van der Waals surface area contributed by atoms with E-state index in [0.717, 1.165) is 5.92 Å². The van der Waals surface area contributed by atoms with Gasteiger partial charge in [-0.05, 0) is 50.7 Å². The Labute approximate surface area is 142 Å². The molecular formula is C19H36N2S. The summed E-state index contributed by atoms with van der Waals surface area (Å²) in [7, 11) is 0. The highest BCUT2D eigenvalue weighted by atomic mass is 32.2. The molecule has 1 atom stereocenters. The van der Waals surface area contributed by atoms with Gasteiger partial charge >= 0.3 is 0 Å². The van der Waals surface area contributed by atoms with E-state index in [-0.39, 0.29) is 4.87 Å². The summed E-state index contributed by atoms with van der Waals surface area (Å²) < 4.78 is 0. The lowest BCUT2D eigenvalue weighted by Crippen LogP contribution is -2.21. The fourth-order valence-electron chi connectivity index (χ4n) is 3.40. The maximum Gasteiger partial charge on any atom is 0.127 e. The molecule has 2 saturated carbocycles. The van der Waals surface area contributed by atoms with Crippen LogP contribution < -0.4 is 0 Å². The van der Waals surface area contributed by atoms with Gasteiger partial charge in [0.1, 0.15) is 4.87 Å². The number of thioether (sulfide) groups is 1. The van der Waals surface area contributed by atoms with E-state index in [9.17, 15) is 0 Å². The number of rotatable bonds is 11. The molecule has 0 N–H and O–H groups in total. The standard InChI is InChI=1S/C19H36N2S/c1-3-4-5-6-7-11-16-22-19(2,17-14-15-17)21-20-18-12-9-8-10-13-18/h17-18H,3-16H2,1-2H3/b21-20+. The van der Waals surface area contributed by atoms with Crippen molar-refractivity contribution in [3.05, 3.63) is 0 Å². The van der Waals surface area contributed by atoms with E-state index in [1.807, 2.05) is 0 Å². The fraction of sp³-hybridized carbons (Fsp3) is 1.00. The highest BCUT2D eigenvalue weighted by Crippen LogP contribution is 2.49. The monoisotopic (exact) mass is 324 g/mol. The van der Waals surface area contributed by atoms with E-state index >= 15 is 0 Å². The maximum absolute atomic E-state index is 4.88. The lowest BCUT2D eigenvalue weighted by molar-refractivity contribution is 0.413. The lowest BCUT2D eigenvalue weighted by Gasteiger charge is -2.25. The van der Waals surface area contributed by atoms with Crippen molar-refractivity contribution >= 4 is 11.8 Å². The first-order chi connectivity index (χ1) is 10.7. The predicted octanol–water partition coefficient (Wildman–Crippen LogP) is 6.99. The average molecular weight is 325 g/mol. The summed E-state index contributed by atoms with van der Waals surface area (Å²) in [5.41, 5.74) is 0. The van der Waals surface area contributed by atoms with Gasteiger partial charge in [-0.15, -0.1) is 11.8 Å². The van der Waals surface area contributed by atoms with Gasteiger partial charge in [0.25, 0.3) is 0 Å². The van der Waals surface area contributed by atoms with E-state index in [1.165, 1.54) is 89.2 Å². The van der Waals surface area contributed by atoms with E-state index in [1.54, 1.807) is 0 Å². The molecule has 1 unspecified atom stereocenters. The number of hydrogen-bond donors (Lipinski definition) is 0. The van der Waals surface area contributed by atoms with Crippen molar-refractivity contribution in [3.8, 4) is 0 Å². The average Bonchev–Trinajstić information content (AvgIpc) is 3.38. The van der Waals surface area contributed by atoms with Crippen molar-refractivity contribution in [3.63, 3.8) is 0 Å². The molecule has 3 heteroatoms. The van der Waals surface area contributed by atoms with Crippen molar-refractivity contribution in [1.82, 2.24) is 0 Å². The Kier molecular flexibility index (Phi) is 8.27. The summed E-state index contributed by atoms with van der Waals surface area (Å²) in [5, 5.41) is 9.64. The molecule has 2 aliphatic carbocycles. The zero-order valence-electron chi connectivity index (χ0n) is 14.9. The first-order valence-corrected chi connectivity index (χ1v) is 10.8. The molecule has 2 rings (SSSR count). The second-order valence-electron chi connectivity index (χ2n) is 7.45. The zero-order chi connectivity index (χ0) is 15.7. The Hall–Kier alpha value is -0.0500. The highest BCUT2D eigenvalue weighted by molar-refractivity contribution is 8.00. The van der Waals surface area contributed by atoms with Gasteiger partial charge in [0.2, 0.25) is 0 Å². The van der Waals surface area contributed by atoms with Gasteiger partial charge in [0.15, 0.2) is 0 Å². The molecule has 0 bridgehead atoms. The second-order valence-corrected chi connectivity index (χ2v) is 8.98. The Morgan fingerprint density at radius 1 is 0.909 bits per heavy atom. The molecule has 22 heavy (non-hydrogen) atoms. The van der Waals surface area contributed by atoms with E-state index in [2.05, 4.69) is 25.6 Å². The second kappa shape index (κ2) is 9.95. The number of azo groups is 1. The Morgan fingerprint density at radius 2 is 1.59 bits per heavy atom. The van der Waals surface area contributed by atoms with Crippen molar-refractivity contribution in [2.24, 2.45) is 16.1 Å². The molecule has 0 heterocycles. The summed E-state index contributed by atoms with van der Waals surface area (Å²) >= 11 is 2.09. The minimum atomic E-state index is 0.0842. The minimum Gasteiger partial charge on any atom is -0.189 e. The van der Waals surface area contributed by atoms with Crippen LogP contribution in [0.4, 0.5) is 0 Å². The van der Waals surface area contributed by atoms with Crippen LogP contribution in [0.25, 0.3) is 0 Å². The van der Waals surface area contributed by atoms with Gasteiger partial charge in [-0.1, -0.05) is 58.3 Å². The SMILES string of the molecule is CCCCCCCCSC(C)(/N=N/C1CCCCC1)C1CC1. The summed E-state index contributed by atoms with van der Waals surface area (Å²) in [5.74, 6) is 2.06. The third-order valence-electron chi connectivity index (χ3n) is 5.22. The molecule has 2 aliphatic rings. The number of hydrogen-bond acceptors (Lipinski definition) is 3. The molecule has 0 aliphatic heterocycles. The summed E-state index contributed by atoms with van der Waals surface area (Å²) in [6.07, 6.45) is 17.7. The van der Waals surface area contributed by atoms with Crippen molar-refractivity contribution in [1.29, 1.82) is 0 Å².